The van der Waals surface area contributed by atoms with E-state index in [4.69, 9.17) is 14.0 Å². The van der Waals surface area contributed by atoms with Crippen molar-refractivity contribution < 1.29 is 18.8 Å². The highest BCUT2D eigenvalue weighted by Gasteiger charge is 2.10. The zero-order valence-electron chi connectivity index (χ0n) is 18.6. The second kappa shape index (κ2) is 10.5. The highest BCUT2D eigenvalue weighted by molar-refractivity contribution is 5.94. The Morgan fingerprint density at radius 1 is 0.909 bits per heavy atom. The van der Waals surface area contributed by atoms with E-state index in [1.54, 1.807) is 36.7 Å². The predicted molar refractivity (Wildman–Crippen MR) is 123 cm³/mol. The maximum Gasteiger partial charge on any atom is 0.251 e. The Balaban J connectivity index is 1.24. The number of nitrogens with one attached hydrogen (secondary N) is 1. The molecule has 0 saturated heterocycles. The maximum atomic E-state index is 12.5. The van der Waals surface area contributed by atoms with Gasteiger partial charge in [-0.25, -0.2) is 0 Å². The van der Waals surface area contributed by atoms with Gasteiger partial charge in [-0.2, -0.15) is 0 Å². The quantitative estimate of drug-likeness (QED) is 0.401. The first-order valence-electron chi connectivity index (χ1n) is 10.6. The number of hydrogen-bond donors (Lipinski definition) is 1. The molecule has 0 saturated carbocycles. The van der Waals surface area contributed by atoms with Crippen molar-refractivity contribution in [1.82, 2.24) is 15.5 Å². The van der Waals surface area contributed by atoms with Crippen LogP contribution in [0.4, 0.5) is 0 Å². The molecule has 2 aromatic heterocycles. The number of nitrogens with zero attached hydrogens (tertiary/aromatic N) is 2. The van der Waals surface area contributed by atoms with Crippen LogP contribution in [0.3, 0.4) is 0 Å². The minimum atomic E-state index is -0.149. The lowest BCUT2D eigenvalue weighted by atomic mass is 10.2. The van der Waals surface area contributed by atoms with Gasteiger partial charge in [-0.1, -0.05) is 23.4 Å². The van der Waals surface area contributed by atoms with Crippen molar-refractivity contribution in [3.8, 4) is 11.5 Å². The number of hydrogen-bond acceptors (Lipinski definition) is 6. The van der Waals surface area contributed by atoms with E-state index in [1.807, 2.05) is 50.2 Å². The molecule has 33 heavy (non-hydrogen) atoms. The third kappa shape index (κ3) is 5.98. The van der Waals surface area contributed by atoms with Gasteiger partial charge in [-0.15, -0.1) is 0 Å². The normalized spacial score (nSPS) is 10.6. The number of aromatic nitrogens is 2. The van der Waals surface area contributed by atoms with Crippen LogP contribution in [0.15, 0.2) is 77.6 Å². The predicted octanol–water partition coefficient (Wildman–Crippen LogP) is 4.77. The van der Waals surface area contributed by atoms with Crippen LogP contribution in [0.25, 0.3) is 0 Å². The molecule has 0 atom stereocenters. The summed E-state index contributed by atoms with van der Waals surface area (Å²) in [7, 11) is 0. The molecule has 1 N–H and O–H groups in total. The SMILES string of the molecule is Cc1noc(C)c1COc1ccc(C(=O)NCc2ccc(OCc3cccnc3)cc2)cc1. The first kappa shape index (κ1) is 22.1. The Morgan fingerprint density at radius 3 is 2.24 bits per heavy atom. The smallest absolute Gasteiger partial charge is 0.251 e. The number of pyridine rings is 1. The van der Waals surface area contributed by atoms with E-state index in [9.17, 15) is 4.79 Å². The minimum absolute atomic E-state index is 0.149. The average molecular weight is 444 g/mol. The largest absolute Gasteiger partial charge is 0.489 e. The molecule has 0 spiro atoms. The van der Waals surface area contributed by atoms with Crippen LogP contribution < -0.4 is 14.8 Å². The first-order chi connectivity index (χ1) is 16.1. The summed E-state index contributed by atoms with van der Waals surface area (Å²) >= 11 is 0. The Labute approximate surface area is 192 Å². The summed E-state index contributed by atoms with van der Waals surface area (Å²) in [6.07, 6.45) is 3.51. The van der Waals surface area contributed by atoms with Crippen molar-refractivity contribution >= 4 is 5.91 Å². The van der Waals surface area contributed by atoms with Gasteiger partial charge in [-0.3, -0.25) is 9.78 Å². The van der Waals surface area contributed by atoms with E-state index < -0.39 is 0 Å². The molecule has 7 nitrogen and oxygen atoms in total. The Morgan fingerprint density at radius 2 is 1.61 bits per heavy atom. The third-order valence-electron chi connectivity index (χ3n) is 5.19. The van der Waals surface area contributed by atoms with E-state index in [1.165, 1.54) is 0 Å². The molecule has 0 radical (unpaired) electrons. The van der Waals surface area contributed by atoms with Crippen LogP contribution in [0.5, 0.6) is 11.5 Å². The van der Waals surface area contributed by atoms with Crippen LogP contribution in [0, 0.1) is 13.8 Å². The Bertz CT molecular complexity index is 1170. The van der Waals surface area contributed by atoms with E-state index in [0.29, 0.717) is 31.1 Å². The lowest BCUT2D eigenvalue weighted by molar-refractivity contribution is 0.0951. The lowest BCUT2D eigenvalue weighted by Crippen LogP contribution is -2.22. The van der Waals surface area contributed by atoms with E-state index >= 15 is 0 Å². The van der Waals surface area contributed by atoms with E-state index in [-0.39, 0.29) is 5.91 Å². The van der Waals surface area contributed by atoms with Gasteiger partial charge in [0.05, 0.1) is 11.3 Å². The van der Waals surface area contributed by atoms with Gasteiger partial charge in [-0.05, 0) is 61.9 Å². The summed E-state index contributed by atoms with van der Waals surface area (Å²) in [5.41, 5.74) is 4.31. The summed E-state index contributed by atoms with van der Waals surface area (Å²) in [6.45, 7) is 4.99. The Hall–Kier alpha value is -4.13. The van der Waals surface area contributed by atoms with E-state index in [0.717, 1.165) is 33.9 Å². The number of ether oxygens (including phenoxy) is 2. The van der Waals surface area contributed by atoms with Crippen LogP contribution in [-0.2, 0) is 19.8 Å². The molecule has 7 heteroatoms. The molecule has 0 bridgehead atoms. The molecule has 4 aromatic rings. The number of amides is 1. The van der Waals surface area contributed by atoms with Crippen LogP contribution in [0.1, 0.15) is 38.5 Å². The van der Waals surface area contributed by atoms with Crippen LogP contribution in [0.2, 0.25) is 0 Å². The van der Waals surface area contributed by atoms with Gasteiger partial charge in [0.1, 0.15) is 30.5 Å². The summed E-state index contributed by atoms with van der Waals surface area (Å²) < 4.78 is 16.7. The number of carbonyl (C=O) groups is 1. The van der Waals surface area contributed by atoms with Crippen molar-refractivity contribution in [3.05, 3.63) is 107 Å². The molecule has 0 unspecified atom stereocenters. The van der Waals surface area contributed by atoms with Crippen molar-refractivity contribution in [2.75, 3.05) is 0 Å². The molecule has 0 aliphatic carbocycles. The molecule has 0 aliphatic rings. The summed E-state index contributed by atoms with van der Waals surface area (Å²) in [6, 6.07) is 18.5. The van der Waals surface area contributed by atoms with Crippen LogP contribution in [-0.4, -0.2) is 16.0 Å². The minimum Gasteiger partial charge on any atom is -0.489 e. The number of carbonyl (C=O) groups excluding carboxylic acids is 1. The van der Waals surface area contributed by atoms with Gasteiger partial charge in [0, 0.05) is 30.1 Å². The average Bonchev–Trinajstić information content (AvgIpc) is 3.18. The summed E-state index contributed by atoms with van der Waals surface area (Å²) in [4.78, 5) is 16.6. The fourth-order valence-electron chi connectivity index (χ4n) is 3.20. The third-order valence-corrected chi connectivity index (χ3v) is 5.19. The molecule has 0 fully saturated rings. The highest BCUT2D eigenvalue weighted by atomic mass is 16.5. The van der Waals surface area contributed by atoms with Gasteiger partial charge in [0.2, 0.25) is 0 Å². The van der Waals surface area contributed by atoms with E-state index in [2.05, 4.69) is 15.5 Å². The summed E-state index contributed by atoms with van der Waals surface area (Å²) in [5.74, 6) is 2.04. The fourth-order valence-corrected chi connectivity index (χ4v) is 3.20. The molecule has 4 rings (SSSR count). The second-order valence-electron chi connectivity index (χ2n) is 7.59. The Kier molecular flexibility index (Phi) is 6.99. The molecule has 2 heterocycles. The molecule has 1 amide bonds. The van der Waals surface area contributed by atoms with Crippen molar-refractivity contribution in [2.45, 2.75) is 33.6 Å². The van der Waals surface area contributed by atoms with Crippen molar-refractivity contribution in [2.24, 2.45) is 0 Å². The zero-order valence-corrected chi connectivity index (χ0v) is 18.6. The number of aryl methyl sites for hydroxylation is 2. The topological polar surface area (TPSA) is 86.5 Å². The number of rotatable bonds is 9. The van der Waals surface area contributed by atoms with Crippen molar-refractivity contribution in [3.63, 3.8) is 0 Å². The van der Waals surface area contributed by atoms with Gasteiger partial charge in [0.25, 0.3) is 5.91 Å². The molecule has 0 aliphatic heterocycles. The molecule has 2 aromatic carbocycles. The molecular formula is C26H25N3O4. The first-order valence-corrected chi connectivity index (χ1v) is 10.6. The standard InChI is InChI=1S/C26H25N3O4/c1-18-25(19(2)33-29-18)17-32-24-11-7-22(8-12-24)26(30)28-15-20-5-9-23(10-6-20)31-16-21-4-3-13-27-14-21/h3-14H,15-17H2,1-2H3,(H,28,30). The maximum absolute atomic E-state index is 12.5. The molecular weight excluding hydrogens is 418 g/mol. The van der Waals surface area contributed by atoms with Gasteiger partial charge >= 0.3 is 0 Å². The second-order valence-corrected chi connectivity index (χ2v) is 7.59. The van der Waals surface area contributed by atoms with Crippen molar-refractivity contribution in [1.29, 1.82) is 0 Å². The fraction of sp³-hybridized carbons (Fsp3) is 0.192. The zero-order chi connectivity index (χ0) is 23.0. The lowest BCUT2D eigenvalue weighted by Gasteiger charge is -2.09. The van der Waals surface area contributed by atoms with Gasteiger partial charge in [0.15, 0.2) is 0 Å². The van der Waals surface area contributed by atoms with Gasteiger partial charge < -0.3 is 19.3 Å². The highest BCUT2D eigenvalue weighted by Crippen LogP contribution is 2.18. The summed E-state index contributed by atoms with van der Waals surface area (Å²) in [5, 5.41) is 6.85. The monoisotopic (exact) mass is 443 g/mol. The number of benzene rings is 2. The molecule has 168 valence electrons. The van der Waals surface area contributed by atoms with Crippen LogP contribution >= 0.6 is 0 Å².